The maximum absolute atomic E-state index is 13.5. The van der Waals surface area contributed by atoms with Crippen LogP contribution < -0.4 is 9.47 Å². The van der Waals surface area contributed by atoms with E-state index in [9.17, 15) is 9.59 Å². The van der Waals surface area contributed by atoms with E-state index in [-0.39, 0.29) is 24.5 Å². The summed E-state index contributed by atoms with van der Waals surface area (Å²) in [7, 11) is 0. The van der Waals surface area contributed by atoms with Crippen LogP contribution in [0.4, 0.5) is 0 Å². The molecule has 3 aromatic carbocycles. The van der Waals surface area contributed by atoms with Gasteiger partial charge in [0.25, 0.3) is 5.91 Å². The van der Waals surface area contributed by atoms with Gasteiger partial charge in [0, 0.05) is 5.92 Å². The van der Waals surface area contributed by atoms with Crippen LogP contribution in [-0.4, -0.2) is 41.9 Å². The summed E-state index contributed by atoms with van der Waals surface area (Å²) in [5.74, 6) is 0.118. The Hall–Kier alpha value is -4.39. The number of ether oxygens (including phenoxy) is 3. The van der Waals surface area contributed by atoms with Gasteiger partial charge in [-0.3, -0.25) is 4.79 Å². The third-order valence-electron chi connectivity index (χ3n) is 7.15. The summed E-state index contributed by atoms with van der Waals surface area (Å²) in [6, 6.07) is 27.0. The number of allylic oxidation sites excluding steroid dienone is 1. The van der Waals surface area contributed by atoms with Gasteiger partial charge in [-0.15, -0.1) is 0 Å². The molecular weight excluding hydrogens is 480 g/mol. The fraction of sp³-hybridized carbons (Fsp3) is 0.258. The topological polar surface area (TPSA) is 77.4 Å². The number of carbonyl (C=O) groups is 2. The van der Waals surface area contributed by atoms with Crippen LogP contribution in [-0.2, 0) is 14.3 Å². The summed E-state index contributed by atoms with van der Waals surface area (Å²) in [4.78, 5) is 26.2. The minimum atomic E-state index is -0.935. The van der Waals surface area contributed by atoms with Crippen molar-refractivity contribution in [2.75, 3.05) is 13.2 Å². The van der Waals surface area contributed by atoms with Crippen molar-refractivity contribution in [2.24, 2.45) is 11.0 Å². The molecule has 0 unspecified atom stereocenters. The number of benzene rings is 3. The number of amides is 1. The largest absolute Gasteiger partial charge is 0.485 e. The molecule has 0 spiro atoms. The maximum Gasteiger partial charge on any atom is 0.351 e. The van der Waals surface area contributed by atoms with Gasteiger partial charge in [-0.05, 0) is 54.2 Å². The van der Waals surface area contributed by atoms with Crippen molar-refractivity contribution in [3.05, 3.63) is 102 Å². The van der Waals surface area contributed by atoms with Crippen molar-refractivity contribution in [2.45, 2.75) is 31.4 Å². The van der Waals surface area contributed by atoms with Crippen LogP contribution in [0.15, 0.2) is 95.6 Å². The number of rotatable bonds is 5. The Balaban J connectivity index is 1.21. The lowest BCUT2D eigenvalue weighted by atomic mass is 9.77. The summed E-state index contributed by atoms with van der Waals surface area (Å²) < 4.78 is 16.8. The summed E-state index contributed by atoms with van der Waals surface area (Å²) in [6.45, 7) is -0.399. The van der Waals surface area contributed by atoms with Crippen LogP contribution >= 0.6 is 0 Å². The number of fused-ring (bicyclic) bond motifs is 2. The smallest absolute Gasteiger partial charge is 0.351 e. The molecule has 3 aromatic rings. The zero-order chi connectivity index (χ0) is 25.9. The molecule has 7 heteroatoms. The Morgan fingerprint density at radius 1 is 0.947 bits per heavy atom. The Morgan fingerprint density at radius 2 is 1.66 bits per heavy atom. The molecule has 192 valence electrons. The first-order chi connectivity index (χ1) is 18.7. The quantitative estimate of drug-likeness (QED) is 0.443. The Labute approximate surface area is 221 Å². The molecule has 1 saturated carbocycles. The predicted octanol–water partition coefficient (Wildman–Crippen LogP) is 5.19. The average Bonchev–Trinajstić information content (AvgIpc) is 3.37. The van der Waals surface area contributed by atoms with Crippen LogP contribution in [0, 0.1) is 5.92 Å². The molecule has 1 aliphatic carbocycles. The van der Waals surface area contributed by atoms with E-state index in [2.05, 4.69) is 18.2 Å². The van der Waals surface area contributed by atoms with Crippen molar-refractivity contribution < 1.29 is 23.8 Å². The molecule has 3 aliphatic rings. The van der Waals surface area contributed by atoms with Crippen LogP contribution in [0.25, 0.3) is 6.08 Å². The molecule has 1 fully saturated rings. The van der Waals surface area contributed by atoms with E-state index in [1.807, 2.05) is 54.6 Å². The number of hydrogen-bond donors (Lipinski definition) is 0. The SMILES string of the molecule is O=C(OCC(=O)N1N=C2/C(=C/c3ccccc3)CCC[C@@H]2[C@H]1c1ccccc1)[C@@H]1COc2ccccc2O1. The molecule has 2 heterocycles. The lowest BCUT2D eigenvalue weighted by Crippen LogP contribution is -2.40. The van der Waals surface area contributed by atoms with Crippen molar-refractivity contribution in [3.8, 4) is 11.5 Å². The molecule has 7 nitrogen and oxygen atoms in total. The van der Waals surface area contributed by atoms with Crippen molar-refractivity contribution >= 4 is 23.7 Å². The standard InChI is InChI=1S/C31H28N2O5/c34-28(20-37-31(35)27-19-36-25-16-7-8-17-26(25)38-27)33-30(22-12-5-2-6-13-22)24-15-9-14-23(29(24)32-33)18-21-10-3-1-4-11-21/h1-8,10-13,16-18,24,27,30H,9,14-15,19-20H2/b23-18+/t24-,27-,30+/m0/s1. The first-order valence-corrected chi connectivity index (χ1v) is 12.9. The van der Waals surface area contributed by atoms with Crippen LogP contribution in [0.5, 0.6) is 11.5 Å². The summed E-state index contributed by atoms with van der Waals surface area (Å²) in [6.07, 6.45) is 4.09. The zero-order valence-corrected chi connectivity index (χ0v) is 20.9. The lowest BCUT2D eigenvalue weighted by Gasteiger charge is -2.29. The highest BCUT2D eigenvalue weighted by molar-refractivity contribution is 6.08. The van der Waals surface area contributed by atoms with Gasteiger partial charge in [0.1, 0.15) is 6.61 Å². The minimum absolute atomic E-state index is 0.0262. The molecule has 0 bridgehead atoms. The van der Waals surface area contributed by atoms with Gasteiger partial charge in [0.15, 0.2) is 18.1 Å². The maximum atomic E-state index is 13.5. The molecule has 1 amide bonds. The molecule has 0 N–H and O–H groups in total. The minimum Gasteiger partial charge on any atom is -0.485 e. The Kier molecular flexibility index (Phi) is 6.65. The second kappa shape index (κ2) is 10.5. The second-order valence-corrected chi connectivity index (χ2v) is 9.63. The summed E-state index contributed by atoms with van der Waals surface area (Å²) >= 11 is 0. The Morgan fingerprint density at radius 3 is 2.45 bits per heavy atom. The van der Waals surface area contributed by atoms with Crippen LogP contribution in [0.3, 0.4) is 0 Å². The summed E-state index contributed by atoms with van der Waals surface area (Å²) in [5, 5.41) is 6.36. The number of para-hydroxylation sites is 2. The third kappa shape index (κ3) is 4.79. The fourth-order valence-electron chi connectivity index (χ4n) is 5.37. The van der Waals surface area contributed by atoms with E-state index in [0.717, 1.165) is 41.7 Å². The highest BCUT2D eigenvalue weighted by atomic mass is 16.6. The third-order valence-corrected chi connectivity index (χ3v) is 7.15. The number of nitrogens with zero attached hydrogens (tertiary/aromatic N) is 2. The van der Waals surface area contributed by atoms with E-state index in [1.54, 1.807) is 18.2 Å². The first-order valence-electron chi connectivity index (χ1n) is 12.9. The van der Waals surface area contributed by atoms with E-state index in [4.69, 9.17) is 19.3 Å². The lowest BCUT2D eigenvalue weighted by molar-refractivity contribution is -0.160. The molecule has 6 rings (SSSR count). The van der Waals surface area contributed by atoms with Crippen molar-refractivity contribution in [1.82, 2.24) is 5.01 Å². The number of hydrogen-bond acceptors (Lipinski definition) is 6. The number of esters is 1. The molecule has 2 aliphatic heterocycles. The molecule has 0 saturated heterocycles. The molecule has 0 aromatic heterocycles. The molecule has 0 radical (unpaired) electrons. The van der Waals surface area contributed by atoms with E-state index < -0.39 is 18.7 Å². The van der Waals surface area contributed by atoms with Crippen LogP contribution in [0.2, 0.25) is 0 Å². The molecule has 38 heavy (non-hydrogen) atoms. The average molecular weight is 509 g/mol. The van der Waals surface area contributed by atoms with Gasteiger partial charge in [-0.2, -0.15) is 5.10 Å². The second-order valence-electron chi connectivity index (χ2n) is 9.63. The van der Waals surface area contributed by atoms with E-state index in [1.165, 1.54) is 5.01 Å². The van der Waals surface area contributed by atoms with Gasteiger partial charge < -0.3 is 14.2 Å². The van der Waals surface area contributed by atoms with E-state index in [0.29, 0.717) is 11.5 Å². The monoisotopic (exact) mass is 508 g/mol. The zero-order valence-electron chi connectivity index (χ0n) is 20.9. The van der Waals surface area contributed by atoms with Gasteiger partial charge in [0.2, 0.25) is 6.10 Å². The van der Waals surface area contributed by atoms with Crippen molar-refractivity contribution in [1.29, 1.82) is 0 Å². The normalized spacial score (nSPS) is 22.9. The van der Waals surface area contributed by atoms with Crippen LogP contribution in [0.1, 0.15) is 36.4 Å². The highest BCUT2D eigenvalue weighted by Gasteiger charge is 2.44. The van der Waals surface area contributed by atoms with Gasteiger partial charge in [-0.1, -0.05) is 72.8 Å². The number of carbonyl (C=O) groups excluding carboxylic acids is 2. The molecular formula is C31H28N2O5. The summed E-state index contributed by atoms with van der Waals surface area (Å²) in [5.41, 5.74) is 4.20. The Bertz CT molecular complexity index is 1390. The first kappa shape index (κ1) is 24.0. The predicted molar refractivity (Wildman–Crippen MR) is 143 cm³/mol. The number of hydrazone groups is 1. The van der Waals surface area contributed by atoms with Gasteiger partial charge in [0.05, 0.1) is 11.8 Å². The van der Waals surface area contributed by atoms with E-state index >= 15 is 0 Å². The van der Waals surface area contributed by atoms with Gasteiger partial charge >= 0.3 is 5.97 Å². The fourth-order valence-corrected chi connectivity index (χ4v) is 5.37. The van der Waals surface area contributed by atoms with Gasteiger partial charge in [-0.25, -0.2) is 9.80 Å². The van der Waals surface area contributed by atoms with Crippen molar-refractivity contribution in [3.63, 3.8) is 0 Å². The molecule has 3 atom stereocenters. The highest BCUT2D eigenvalue weighted by Crippen LogP contribution is 2.44.